The maximum absolute atomic E-state index is 13.3. The number of alkyl halides is 3. The Balaban J connectivity index is 0.00000210. The van der Waals surface area contributed by atoms with Gasteiger partial charge < -0.3 is 10.0 Å². The number of carboxylic acids is 1. The number of anilines is 1. The molecule has 0 radical (unpaired) electrons. The molecule has 2 atom stereocenters. The van der Waals surface area contributed by atoms with Gasteiger partial charge in [-0.1, -0.05) is 26.0 Å². The van der Waals surface area contributed by atoms with Gasteiger partial charge in [0.15, 0.2) is 0 Å². The molecule has 2 aromatic carbocycles. The predicted molar refractivity (Wildman–Crippen MR) is 125 cm³/mol. The first kappa shape index (κ1) is 27.6. The Morgan fingerprint density at radius 2 is 1.80 bits per heavy atom. The van der Waals surface area contributed by atoms with E-state index in [-0.39, 0.29) is 33.0 Å². The van der Waals surface area contributed by atoms with Gasteiger partial charge in [-0.2, -0.15) is 18.4 Å². The highest BCUT2D eigenvalue weighted by Crippen LogP contribution is 2.41. The highest BCUT2D eigenvalue weighted by molar-refractivity contribution is 7.84. The first-order chi connectivity index (χ1) is 16.4. The summed E-state index contributed by atoms with van der Waals surface area (Å²) in [6.45, 7) is 5.33. The average molecular weight is 508 g/mol. The van der Waals surface area contributed by atoms with Crippen LogP contribution in [0.15, 0.2) is 58.6 Å². The van der Waals surface area contributed by atoms with E-state index in [2.05, 4.69) is 0 Å². The summed E-state index contributed by atoms with van der Waals surface area (Å²) in [5.74, 6) is -1.40. The van der Waals surface area contributed by atoms with Crippen LogP contribution in [0.2, 0.25) is 0 Å². The van der Waals surface area contributed by atoms with Crippen LogP contribution in [0.3, 0.4) is 0 Å². The number of likely N-dealkylation sites (N-methyl/N-ethyl adjacent to an activating group) is 1. The summed E-state index contributed by atoms with van der Waals surface area (Å²) >= 11 is 0. The normalized spacial score (nSPS) is 16.9. The van der Waals surface area contributed by atoms with Crippen LogP contribution in [0.25, 0.3) is 0 Å². The minimum Gasteiger partial charge on any atom is -0.478 e. The lowest BCUT2D eigenvalue weighted by molar-refractivity contribution is -0.137. The molecule has 2 aromatic rings. The van der Waals surface area contributed by atoms with Crippen molar-refractivity contribution in [2.45, 2.75) is 37.9 Å². The molecule has 1 N–H and O–H groups in total. The second kappa shape index (κ2) is 10.7. The van der Waals surface area contributed by atoms with Gasteiger partial charge >= 0.3 is 18.2 Å². The molecule has 11 heteroatoms. The number of hydrogen-bond acceptors (Lipinski definition) is 4. The molecule has 0 saturated heterocycles. The monoisotopic (exact) mass is 507 g/mol. The summed E-state index contributed by atoms with van der Waals surface area (Å²) in [5, 5.41) is 19.2. The van der Waals surface area contributed by atoms with Crippen molar-refractivity contribution in [2.24, 2.45) is 0 Å². The zero-order chi connectivity index (χ0) is 26.7. The molecule has 0 aromatic heterocycles. The quantitative estimate of drug-likeness (QED) is 0.604. The molecule has 35 heavy (non-hydrogen) atoms. The molecule has 1 aliphatic heterocycles. The van der Waals surface area contributed by atoms with Gasteiger partial charge in [-0.15, -0.1) is 0 Å². The third-order valence-electron chi connectivity index (χ3n) is 5.29. The van der Waals surface area contributed by atoms with Gasteiger partial charge in [0.25, 0.3) is 0 Å². The second-order valence-electron chi connectivity index (χ2n) is 7.30. The van der Waals surface area contributed by atoms with E-state index in [0.29, 0.717) is 0 Å². The van der Waals surface area contributed by atoms with Gasteiger partial charge in [-0.3, -0.25) is 9.11 Å². The topological polar surface area (TPSA) is 102 Å². The minimum atomic E-state index is -4.65. The number of allylic oxidation sites excluding steroid dienone is 1. The zero-order valence-electron chi connectivity index (χ0n) is 19.7. The Kier molecular flexibility index (Phi) is 8.46. The number of urea groups is 1. The van der Waals surface area contributed by atoms with Crippen molar-refractivity contribution in [3.05, 3.63) is 70.4 Å². The summed E-state index contributed by atoms with van der Waals surface area (Å²) in [4.78, 5) is 27.7. The standard InChI is InChI=1S/C22H18F3N3O4S.C2H6/c1-12-18(20(29)30)19(16-8-7-13(11-26)9-17(16)33(3)32)27(2)21(31)28(12)15-6-4-5-14(10-15)22(23,24)25;1-2/h4-10,19H,1-3H3,(H,29,30);1-2H3. The minimum absolute atomic E-state index is 0.0767. The van der Waals surface area contributed by atoms with Crippen LogP contribution in [0.1, 0.15) is 43.5 Å². The van der Waals surface area contributed by atoms with Gasteiger partial charge in [0.1, 0.15) is 0 Å². The van der Waals surface area contributed by atoms with E-state index >= 15 is 0 Å². The van der Waals surface area contributed by atoms with E-state index in [9.17, 15) is 32.1 Å². The number of carbonyl (C=O) groups excluding carboxylic acids is 1. The molecule has 0 bridgehead atoms. The average Bonchev–Trinajstić information content (AvgIpc) is 2.81. The van der Waals surface area contributed by atoms with E-state index in [0.717, 1.165) is 28.0 Å². The van der Waals surface area contributed by atoms with Crippen molar-refractivity contribution in [1.82, 2.24) is 4.90 Å². The molecule has 2 amide bonds. The lowest BCUT2D eigenvalue weighted by Gasteiger charge is -2.41. The van der Waals surface area contributed by atoms with Crippen LogP contribution < -0.4 is 4.90 Å². The molecule has 1 aliphatic rings. The van der Waals surface area contributed by atoms with Crippen LogP contribution in [0, 0.1) is 11.3 Å². The number of carbonyl (C=O) groups is 2. The first-order valence-corrected chi connectivity index (χ1v) is 12.0. The lowest BCUT2D eigenvalue weighted by Crippen LogP contribution is -2.49. The molecule has 7 nitrogen and oxygen atoms in total. The van der Waals surface area contributed by atoms with E-state index in [1.54, 1.807) is 0 Å². The molecular weight excluding hydrogens is 483 g/mol. The number of amides is 2. The van der Waals surface area contributed by atoms with E-state index in [1.165, 1.54) is 44.5 Å². The van der Waals surface area contributed by atoms with Crippen LogP contribution in [-0.2, 0) is 21.8 Å². The molecular formula is C24H24F3N3O4S. The van der Waals surface area contributed by atoms with E-state index in [4.69, 9.17) is 5.26 Å². The number of benzene rings is 2. The second-order valence-corrected chi connectivity index (χ2v) is 8.65. The van der Waals surface area contributed by atoms with Crippen molar-refractivity contribution in [3.8, 4) is 6.07 Å². The van der Waals surface area contributed by atoms with Crippen LogP contribution in [0.4, 0.5) is 23.7 Å². The number of carboxylic acid groups (broad SMARTS) is 1. The van der Waals surface area contributed by atoms with Gasteiger partial charge in [0.2, 0.25) is 0 Å². The predicted octanol–water partition coefficient (Wildman–Crippen LogP) is 5.31. The van der Waals surface area contributed by atoms with Gasteiger partial charge in [-0.05, 0) is 42.8 Å². The summed E-state index contributed by atoms with van der Waals surface area (Å²) in [5.41, 5.74) is -1.03. The zero-order valence-corrected chi connectivity index (χ0v) is 20.5. The molecule has 0 aliphatic carbocycles. The number of hydrogen-bond donors (Lipinski definition) is 1. The van der Waals surface area contributed by atoms with Crippen molar-refractivity contribution >= 4 is 28.5 Å². The van der Waals surface area contributed by atoms with Gasteiger partial charge in [-0.25, -0.2) is 9.59 Å². The lowest BCUT2D eigenvalue weighted by atomic mass is 9.92. The number of halogens is 3. The SMILES string of the molecule is CC.CC1=C(C(=O)O)C(c2ccc(C#N)cc2S(C)=O)N(C)C(=O)N1c1cccc(C(F)(F)F)c1. The van der Waals surface area contributed by atoms with Gasteiger partial charge in [0, 0.05) is 23.9 Å². The van der Waals surface area contributed by atoms with Crippen molar-refractivity contribution in [1.29, 1.82) is 5.26 Å². The molecule has 186 valence electrons. The Labute approximate surface area is 203 Å². The smallest absolute Gasteiger partial charge is 0.416 e. The largest absolute Gasteiger partial charge is 0.478 e. The molecule has 3 rings (SSSR count). The van der Waals surface area contributed by atoms with Crippen molar-refractivity contribution in [3.63, 3.8) is 0 Å². The Morgan fingerprint density at radius 1 is 1.17 bits per heavy atom. The number of nitrogens with zero attached hydrogens (tertiary/aromatic N) is 3. The summed E-state index contributed by atoms with van der Waals surface area (Å²) in [7, 11) is -0.312. The molecule has 1 heterocycles. The molecule has 0 spiro atoms. The maximum atomic E-state index is 13.3. The summed E-state index contributed by atoms with van der Waals surface area (Å²) in [6, 6.07) is 8.20. The molecule has 0 saturated carbocycles. The third kappa shape index (κ3) is 5.38. The first-order valence-electron chi connectivity index (χ1n) is 10.4. The fourth-order valence-electron chi connectivity index (χ4n) is 3.76. The number of rotatable bonds is 4. The highest BCUT2D eigenvalue weighted by Gasteiger charge is 2.42. The van der Waals surface area contributed by atoms with Crippen LogP contribution >= 0.6 is 0 Å². The highest BCUT2D eigenvalue weighted by atomic mass is 32.2. The molecule has 0 fully saturated rings. The Hall–Kier alpha value is -3.65. The fourth-order valence-corrected chi connectivity index (χ4v) is 4.57. The number of nitriles is 1. The third-order valence-corrected chi connectivity index (χ3v) is 6.26. The van der Waals surface area contributed by atoms with E-state index in [1.807, 2.05) is 19.9 Å². The van der Waals surface area contributed by atoms with E-state index < -0.39 is 40.6 Å². The summed E-state index contributed by atoms with van der Waals surface area (Å²) < 4.78 is 52.0. The van der Waals surface area contributed by atoms with Crippen LogP contribution in [0.5, 0.6) is 0 Å². The Bertz CT molecular complexity index is 1250. The maximum Gasteiger partial charge on any atom is 0.416 e. The van der Waals surface area contributed by atoms with Crippen molar-refractivity contribution < 1.29 is 32.1 Å². The summed E-state index contributed by atoms with van der Waals surface area (Å²) in [6.07, 6.45) is -3.30. The van der Waals surface area contributed by atoms with Crippen molar-refractivity contribution in [2.75, 3.05) is 18.2 Å². The molecule has 2 unspecified atom stereocenters. The Morgan fingerprint density at radius 3 is 2.31 bits per heavy atom. The number of aliphatic carboxylic acids is 1. The fraction of sp³-hybridized carbons (Fsp3) is 0.292. The van der Waals surface area contributed by atoms with Crippen LogP contribution in [-0.4, -0.2) is 39.5 Å². The van der Waals surface area contributed by atoms with Gasteiger partial charge in [0.05, 0.1) is 45.3 Å².